The van der Waals surface area contributed by atoms with Crippen LogP contribution in [0.2, 0.25) is 0 Å². The average Bonchev–Trinajstić information content (AvgIpc) is 2.61. The van der Waals surface area contributed by atoms with Gasteiger partial charge in [0.15, 0.2) is 0 Å². The van der Waals surface area contributed by atoms with Crippen LogP contribution in [-0.2, 0) is 13.5 Å². The zero-order chi connectivity index (χ0) is 14.0. The van der Waals surface area contributed by atoms with E-state index in [-0.39, 0.29) is 5.82 Å². The van der Waals surface area contributed by atoms with Crippen LogP contribution in [0, 0.1) is 12.7 Å². The van der Waals surface area contributed by atoms with E-state index in [0.717, 1.165) is 11.3 Å². The largest absolute Gasteiger partial charge is 0.438 e. The Bertz CT molecular complexity index is 598. The Morgan fingerprint density at radius 3 is 2.89 bits per heavy atom. The summed E-state index contributed by atoms with van der Waals surface area (Å²) in [6.45, 7) is 2.41. The van der Waals surface area contributed by atoms with Crippen LogP contribution in [0.25, 0.3) is 0 Å². The number of benzene rings is 1. The second-order valence-corrected chi connectivity index (χ2v) is 5.06. The van der Waals surface area contributed by atoms with Gasteiger partial charge in [0.1, 0.15) is 11.6 Å². The molecule has 4 nitrogen and oxygen atoms in total. The van der Waals surface area contributed by atoms with E-state index in [0.29, 0.717) is 29.1 Å². The van der Waals surface area contributed by atoms with Gasteiger partial charge in [-0.25, -0.2) is 9.07 Å². The Kier molecular flexibility index (Phi) is 4.21. The molecule has 0 aliphatic rings. The molecule has 1 heterocycles. The van der Waals surface area contributed by atoms with Crippen molar-refractivity contribution in [3.8, 4) is 11.6 Å². The highest BCUT2D eigenvalue weighted by Crippen LogP contribution is 2.33. The molecule has 102 valence electrons. The van der Waals surface area contributed by atoms with Crippen molar-refractivity contribution in [2.45, 2.75) is 13.3 Å². The lowest BCUT2D eigenvalue weighted by Gasteiger charge is -2.10. The van der Waals surface area contributed by atoms with Crippen molar-refractivity contribution < 1.29 is 9.13 Å². The molecular formula is C13H15BrFN3O. The Morgan fingerprint density at radius 1 is 1.47 bits per heavy atom. The van der Waals surface area contributed by atoms with Gasteiger partial charge in [-0.1, -0.05) is 0 Å². The minimum atomic E-state index is -0.350. The normalized spacial score (nSPS) is 10.8. The van der Waals surface area contributed by atoms with Crippen LogP contribution in [0.4, 0.5) is 4.39 Å². The summed E-state index contributed by atoms with van der Waals surface area (Å²) in [6, 6.07) is 4.31. The van der Waals surface area contributed by atoms with E-state index in [1.165, 1.54) is 12.1 Å². The molecule has 0 fully saturated rings. The lowest BCUT2D eigenvalue weighted by atomic mass is 10.2. The van der Waals surface area contributed by atoms with Crippen LogP contribution in [0.5, 0.6) is 11.6 Å². The van der Waals surface area contributed by atoms with Gasteiger partial charge in [0.05, 0.1) is 10.2 Å². The molecule has 0 amide bonds. The number of hydrogen-bond donors (Lipinski definition) is 1. The molecule has 2 N–H and O–H groups in total. The number of halogens is 2. The van der Waals surface area contributed by atoms with E-state index in [1.54, 1.807) is 17.8 Å². The zero-order valence-electron chi connectivity index (χ0n) is 10.8. The summed E-state index contributed by atoms with van der Waals surface area (Å²) < 4.78 is 21.4. The number of nitrogens with zero attached hydrogens (tertiary/aromatic N) is 2. The van der Waals surface area contributed by atoms with Gasteiger partial charge >= 0.3 is 0 Å². The van der Waals surface area contributed by atoms with Crippen molar-refractivity contribution in [1.82, 2.24) is 9.78 Å². The molecule has 0 spiro atoms. The SMILES string of the molecule is Cc1nn(C)c(Oc2cc(F)ccc2Br)c1CCN. The molecule has 19 heavy (non-hydrogen) atoms. The minimum Gasteiger partial charge on any atom is -0.438 e. The standard InChI is InChI=1S/C13H15BrFN3O/c1-8-10(5-6-16)13(18(2)17-8)19-12-7-9(15)3-4-11(12)14/h3-4,7H,5-6,16H2,1-2H3. The molecular weight excluding hydrogens is 313 g/mol. The fourth-order valence-corrected chi connectivity index (χ4v) is 2.23. The van der Waals surface area contributed by atoms with Crippen LogP contribution in [0.1, 0.15) is 11.3 Å². The van der Waals surface area contributed by atoms with Gasteiger partial charge in [0, 0.05) is 18.7 Å². The smallest absolute Gasteiger partial charge is 0.221 e. The van der Waals surface area contributed by atoms with Gasteiger partial charge in [-0.15, -0.1) is 0 Å². The van der Waals surface area contributed by atoms with E-state index in [1.807, 2.05) is 6.92 Å². The highest BCUT2D eigenvalue weighted by Gasteiger charge is 2.16. The molecule has 0 aliphatic carbocycles. The number of hydrogen-bond acceptors (Lipinski definition) is 3. The quantitative estimate of drug-likeness (QED) is 0.939. The third-order valence-electron chi connectivity index (χ3n) is 2.78. The van der Waals surface area contributed by atoms with Gasteiger partial charge in [0.25, 0.3) is 0 Å². The third-order valence-corrected chi connectivity index (χ3v) is 3.44. The molecule has 0 saturated heterocycles. The Balaban J connectivity index is 2.40. The van der Waals surface area contributed by atoms with Crippen molar-refractivity contribution >= 4 is 15.9 Å². The number of aryl methyl sites for hydroxylation is 2. The average molecular weight is 328 g/mol. The second-order valence-electron chi connectivity index (χ2n) is 4.21. The van der Waals surface area contributed by atoms with Crippen LogP contribution < -0.4 is 10.5 Å². The van der Waals surface area contributed by atoms with Crippen molar-refractivity contribution in [3.63, 3.8) is 0 Å². The van der Waals surface area contributed by atoms with Gasteiger partial charge in [-0.2, -0.15) is 5.10 Å². The molecule has 0 aliphatic heterocycles. The van der Waals surface area contributed by atoms with Crippen LogP contribution in [0.15, 0.2) is 22.7 Å². The Hall–Kier alpha value is -1.40. The van der Waals surface area contributed by atoms with E-state index in [2.05, 4.69) is 21.0 Å². The number of ether oxygens (including phenoxy) is 1. The Labute approximate surface area is 119 Å². The summed E-state index contributed by atoms with van der Waals surface area (Å²) in [4.78, 5) is 0. The maximum Gasteiger partial charge on any atom is 0.221 e. The molecule has 1 aromatic heterocycles. The highest BCUT2D eigenvalue weighted by molar-refractivity contribution is 9.10. The molecule has 0 bridgehead atoms. The number of aromatic nitrogens is 2. The first-order chi connectivity index (χ1) is 9.02. The molecule has 0 saturated carbocycles. The van der Waals surface area contributed by atoms with Gasteiger partial charge in [-0.3, -0.25) is 0 Å². The van der Waals surface area contributed by atoms with Gasteiger partial charge < -0.3 is 10.5 Å². The molecule has 0 unspecified atom stereocenters. The van der Waals surface area contributed by atoms with Crippen LogP contribution in [0.3, 0.4) is 0 Å². The monoisotopic (exact) mass is 327 g/mol. The van der Waals surface area contributed by atoms with Crippen molar-refractivity contribution in [2.24, 2.45) is 12.8 Å². The first-order valence-electron chi connectivity index (χ1n) is 5.88. The van der Waals surface area contributed by atoms with Crippen molar-refractivity contribution in [2.75, 3.05) is 6.54 Å². The summed E-state index contributed by atoms with van der Waals surface area (Å²) >= 11 is 3.34. The van der Waals surface area contributed by atoms with Crippen molar-refractivity contribution in [3.05, 3.63) is 39.7 Å². The molecule has 0 radical (unpaired) electrons. The molecule has 1 aromatic carbocycles. The minimum absolute atomic E-state index is 0.350. The number of rotatable bonds is 4. The summed E-state index contributed by atoms with van der Waals surface area (Å²) in [7, 11) is 1.79. The zero-order valence-corrected chi connectivity index (χ0v) is 12.4. The van der Waals surface area contributed by atoms with Crippen LogP contribution >= 0.6 is 15.9 Å². The van der Waals surface area contributed by atoms with E-state index in [4.69, 9.17) is 10.5 Å². The topological polar surface area (TPSA) is 53.1 Å². The predicted molar refractivity (Wildman–Crippen MR) is 74.9 cm³/mol. The van der Waals surface area contributed by atoms with E-state index >= 15 is 0 Å². The van der Waals surface area contributed by atoms with Crippen LogP contribution in [-0.4, -0.2) is 16.3 Å². The summed E-state index contributed by atoms with van der Waals surface area (Å²) in [5, 5.41) is 4.30. The summed E-state index contributed by atoms with van der Waals surface area (Å²) in [5.41, 5.74) is 7.41. The van der Waals surface area contributed by atoms with E-state index in [9.17, 15) is 4.39 Å². The fraction of sp³-hybridized carbons (Fsp3) is 0.308. The first-order valence-corrected chi connectivity index (χ1v) is 6.67. The molecule has 2 aromatic rings. The lowest BCUT2D eigenvalue weighted by Crippen LogP contribution is -2.05. The molecule has 0 atom stereocenters. The molecule has 2 rings (SSSR count). The summed E-state index contributed by atoms with van der Waals surface area (Å²) in [5.74, 6) is 0.660. The number of nitrogens with two attached hydrogens (primary N) is 1. The Morgan fingerprint density at radius 2 is 2.21 bits per heavy atom. The highest BCUT2D eigenvalue weighted by atomic mass is 79.9. The molecule has 6 heteroatoms. The maximum atomic E-state index is 13.3. The first kappa shape index (κ1) is 14.0. The van der Waals surface area contributed by atoms with Gasteiger partial charge in [0.2, 0.25) is 5.88 Å². The summed E-state index contributed by atoms with van der Waals surface area (Å²) in [6.07, 6.45) is 0.669. The second kappa shape index (κ2) is 5.71. The van der Waals surface area contributed by atoms with Crippen molar-refractivity contribution in [1.29, 1.82) is 0 Å². The predicted octanol–water partition coefficient (Wildman–Crippen LogP) is 2.92. The maximum absolute atomic E-state index is 13.3. The lowest BCUT2D eigenvalue weighted by molar-refractivity contribution is 0.420. The van der Waals surface area contributed by atoms with E-state index < -0.39 is 0 Å². The fourth-order valence-electron chi connectivity index (χ4n) is 1.90. The van der Waals surface area contributed by atoms with Gasteiger partial charge in [-0.05, 0) is 48.0 Å². The third kappa shape index (κ3) is 2.96.